The van der Waals surface area contributed by atoms with Crippen LogP contribution in [-0.2, 0) is 46.9 Å². The molecule has 2 heterocycles. The Morgan fingerprint density at radius 1 is 0.794 bits per heavy atom. The normalized spacial score (nSPS) is 26.3. The average molecular weight is 507 g/mol. The average Bonchev–Trinajstić information content (AvgIpc) is 3.50. The smallest absolute Gasteiger partial charge is 0.337 e. The van der Waals surface area contributed by atoms with Gasteiger partial charge in [-0.1, -0.05) is 0 Å². The predicted molar refractivity (Wildman–Crippen MR) is 121 cm³/mol. The summed E-state index contributed by atoms with van der Waals surface area (Å²) in [7, 11) is -0.651. The van der Waals surface area contributed by atoms with Crippen molar-refractivity contribution in [3.8, 4) is 0 Å². The SMILES string of the molecule is CCOC(=O)C1CCC2(CC1)OCCO2.COP(=O)(CC(=O)C1CCC2(CC1)OCCO2)OC. The van der Waals surface area contributed by atoms with Crippen LogP contribution in [0.5, 0.6) is 0 Å². The third kappa shape index (κ3) is 7.09. The summed E-state index contributed by atoms with van der Waals surface area (Å²) in [5.41, 5.74) is 0. The fourth-order valence-corrected chi connectivity index (χ4v) is 6.08. The molecule has 4 rings (SSSR count). The Labute approximate surface area is 201 Å². The van der Waals surface area contributed by atoms with Gasteiger partial charge in [-0.2, -0.15) is 0 Å². The minimum absolute atomic E-state index is 0.0448. The topological polar surface area (TPSA) is 116 Å². The molecule has 0 aromatic carbocycles. The highest BCUT2D eigenvalue weighted by molar-refractivity contribution is 7.54. The van der Waals surface area contributed by atoms with E-state index in [4.69, 9.17) is 32.7 Å². The van der Waals surface area contributed by atoms with E-state index in [2.05, 4.69) is 0 Å². The highest BCUT2D eigenvalue weighted by atomic mass is 31.2. The molecule has 2 aliphatic heterocycles. The molecular weight excluding hydrogens is 467 g/mol. The monoisotopic (exact) mass is 506 g/mol. The molecule has 34 heavy (non-hydrogen) atoms. The Bertz CT molecular complexity index is 701. The van der Waals surface area contributed by atoms with Crippen molar-refractivity contribution in [2.75, 3.05) is 53.4 Å². The molecule has 2 saturated carbocycles. The molecule has 0 radical (unpaired) electrons. The van der Waals surface area contributed by atoms with Crippen molar-refractivity contribution in [2.24, 2.45) is 11.8 Å². The van der Waals surface area contributed by atoms with E-state index < -0.39 is 13.4 Å². The molecule has 2 saturated heterocycles. The van der Waals surface area contributed by atoms with Crippen molar-refractivity contribution in [2.45, 2.75) is 69.9 Å². The van der Waals surface area contributed by atoms with Gasteiger partial charge >= 0.3 is 13.6 Å². The number of hydrogen-bond donors (Lipinski definition) is 0. The molecule has 11 heteroatoms. The lowest BCUT2D eigenvalue weighted by atomic mass is 9.83. The molecule has 0 aromatic heterocycles. The van der Waals surface area contributed by atoms with E-state index in [1.54, 1.807) is 0 Å². The number of Topliss-reactive ketones (excluding diaryl/α,β-unsaturated/α-hetero) is 1. The predicted octanol–water partition coefficient (Wildman–Crippen LogP) is 3.46. The summed E-state index contributed by atoms with van der Waals surface area (Å²) >= 11 is 0. The molecule has 4 aliphatic rings. The van der Waals surface area contributed by atoms with Crippen LogP contribution < -0.4 is 0 Å². The lowest BCUT2D eigenvalue weighted by molar-refractivity contribution is -0.187. The quantitative estimate of drug-likeness (QED) is 0.375. The molecule has 0 bridgehead atoms. The number of esters is 1. The lowest BCUT2D eigenvalue weighted by Crippen LogP contribution is -2.37. The van der Waals surface area contributed by atoms with Crippen molar-refractivity contribution in [3.63, 3.8) is 0 Å². The molecule has 0 unspecified atom stereocenters. The van der Waals surface area contributed by atoms with Gasteiger partial charge in [-0.25, -0.2) is 0 Å². The summed E-state index contributed by atoms with van der Waals surface area (Å²) in [6, 6.07) is 0. The third-order valence-electron chi connectivity index (χ3n) is 7.10. The van der Waals surface area contributed by atoms with E-state index in [-0.39, 0.29) is 35.5 Å². The summed E-state index contributed by atoms with van der Waals surface area (Å²) in [5.74, 6) is -1.02. The standard InChI is InChI=1S/C12H21O6P.C11H18O4/c1-15-19(14,16-2)9-11(13)10-3-5-12(6-4-10)17-7-8-18-12;1-2-13-10(12)9-3-5-11(6-4-9)14-7-8-15-11/h10H,3-9H2,1-2H3;9H,2-8H2,1H3. The van der Waals surface area contributed by atoms with Gasteiger partial charge in [0.25, 0.3) is 0 Å². The van der Waals surface area contributed by atoms with Crippen molar-refractivity contribution in [3.05, 3.63) is 0 Å². The molecule has 196 valence electrons. The van der Waals surface area contributed by atoms with Crippen molar-refractivity contribution in [1.29, 1.82) is 0 Å². The fourth-order valence-electron chi connectivity index (χ4n) is 5.03. The first-order chi connectivity index (χ1) is 16.3. The summed E-state index contributed by atoms with van der Waals surface area (Å²) < 4.78 is 49.0. The maximum atomic E-state index is 12.1. The van der Waals surface area contributed by atoms with Gasteiger partial charge in [-0.15, -0.1) is 0 Å². The van der Waals surface area contributed by atoms with E-state index >= 15 is 0 Å². The van der Waals surface area contributed by atoms with Crippen LogP contribution in [0.25, 0.3) is 0 Å². The van der Waals surface area contributed by atoms with Gasteiger partial charge in [0.05, 0.1) is 39.0 Å². The zero-order valence-corrected chi connectivity index (χ0v) is 21.5. The van der Waals surface area contributed by atoms with Crippen LogP contribution in [0.4, 0.5) is 0 Å². The Morgan fingerprint density at radius 3 is 1.59 bits per heavy atom. The van der Waals surface area contributed by atoms with Crippen LogP contribution in [0.2, 0.25) is 0 Å². The summed E-state index contributed by atoms with van der Waals surface area (Å²) in [5, 5.41) is 0. The van der Waals surface area contributed by atoms with E-state index in [1.807, 2.05) is 6.92 Å². The van der Waals surface area contributed by atoms with Crippen LogP contribution in [0.3, 0.4) is 0 Å². The first-order valence-electron chi connectivity index (χ1n) is 12.2. The van der Waals surface area contributed by atoms with E-state index in [9.17, 15) is 14.2 Å². The van der Waals surface area contributed by atoms with Gasteiger partial charge < -0.3 is 32.7 Å². The Balaban J connectivity index is 0.000000196. The third-order valence-corrected chi connectivity index (χ3v) is 8.91. The Kier molecular flexibility index (Phi) is 10.1. The Hall–Kier alpha value is -0.870. The molecule has 0 atom stereocenters. The van der Waals surface area contributed by atoms with Crippen LogP contribution in [-0.4, -0.2) is 76.7 Å². The van der Waals surface area contributed by atoms with Crippen LogP contribution >= 0.6 is 7.60 Å². The highest BCUT2D eigenvalue weighted by Crippen LogP contribution is 2.48. The van der Waals surface area contributed by atoms with Gasteiger partial charge in [0, 0.05) is 45.8 Å². The van der Waals surface area contributed by atoms with E-state index in [1.165, 1.54) is 14.2 Å². The summed E-state index contributed by atoms with van der Waals surface area (Å²) in [6.45, 7) is 4.93. The zero-order valence-electron chi connectivity index (χ0n) is 20.6. The molecule has 0 aromatic rings. The zero-order chi connectivity index (χ0) is 24.7. The van der Waals surface area contributed by atoms with Crippen LogP contribution in [0.1, 0.15) is 58.3 Å². The molecule has 10 nitrogen and oxygen atoms in total. The fraction of sp³-hybridized carbons (Fsp3) is 0.913. The van der Waals surface area contributed by atoms with E-state index in [0.717, 1.165) is 25.7 Å². The molecule has 2 spiro atoms. The number of rotatable bonds is 7. The van der Waals surface area contributed by atoms with Gasteiger partial charge in [0.1, 0.15) is 11.9 Å². The maximum Gasteiger partial charge on any atom is 0.337 e. The van der Waals surface area contributed by atoms with Gasteiger partial charge in [-0.3, -0.25) is 14.2 Å². The van der Waals surface area contributed by atoms with Crippen molar-refractivity contribution < 1.29 is 46.9 Å². The second-order valence-corrected chi connectivity index (χ2v) is 11.4. The van der Waals surface area contributed by atoms with Crippen molar-refractivity contribution in [1.82, 2.24) is 0 Å². The van der Waals surface area contributed by atoms with Crippen molar-refractivity contribution >= 4 is 19.3 Å². The van der Waals surface area contributed by atoms with Crippen LogP contribution in [0.15, 0.2) is 0 Å². The number of carbonyl (C=O) groups excluding carboxylic acids is 2. The molecular formula is C23H39O10P. The number of carbonyl (C=O) groups is 2. The Morgan fingerprint density at radius 2 is 1.21 bits per heavy atom. The molecule has 4 fully saturated rings. The van der Waals surface area contributed by atoms with Gasteiger partial charge in [0.15, 0.2) is 11.6 Å². The second kappa shape index (κ2) is 12.4. The molecule has 0 N–H and O–H groups in total. The number of ether oxygens (including phenoxy) is 5. The summed E-state index contributed by atoms with van der Waals surface area (Å²) in [6.07, 6.45) is 5.95. The van der Waals surface area contributed by atoms with Gasteiger partial charge in [0.2, 0.25) is 0 Å². The largest absolute Gasteiger partial charge is 0.466 e. The first kappa shape index (κ1) is 27.7. The second-order valence-electron chi connectivity index (χ2n) is 9.12. The molecule has 0 amide bonds. The molecule has 2 aliphatic carbocycles. The van der Waals surface area contributed by atoms with E-state index in [0.29, 0.717) is 58.7 Å². The first-order valence-corrected chi connectivity index (χ1v) is 14.0. The van der Waals surface area contributed by atoms with Crippen LogP contribution in [0, 0.1) is 11.8 Å². The lowest BCUT2D eigenvalue weighted by Gasteiger charge is -2.34. The summed E-state index contributed by atoms with van der Waals surface area (Å²) in [4.78, 5) is 23.6. The minimum atomic E-state index is -3.25. The number of ketones is 1. The number of hydrogen-bond acceptors (Lipinski definition) is 10. The maximum absolute atomic E-state index is 12.1. The minimum Gasteiger partial charge on any atom is -0.466 e. The van der Waals surface area contributed by atoms with Gasteiger partial charge in [-0.05, 0) is 32.6 Å². The highest BCUT2D eigenvalue weighted by Gasteiger charge is 2.43.